The second-order valence-electron chi connectivity index (χ2n) is 10.3. The summed E-state index contributed by atoms with van der Waals surface area (Å²) in [6, 6.07) is 20.4. The fraction of sp³-hybridized carbons (Fsp3) is 0.258. The lowest BCUT2D eigenvalue weighted by molar-refractivity contribution is 0.613. The number of hydrogen-bond acceptors (Lipinski definition) is 4. The number of aromatic amines is 1. The third-order valence-electron chi connectivity index (χ3n) is 7.99. The van der Waals surface area contributed by atoms with Crippen molar-refractivity contribution in [3.8, 4) is 22.4 Å². The van der Waals surface area contributed by atoms with Gasteiger partial charge in [-0.1, -0.05) is 54.6 Å². The summed E-state index contributed by atoms with van der Waals surface area (Å²) in [5.74, 6) is 1.04. The fourth-order valence-corrected chi connectivity index (χ4v) is 6.19. The largest absolute Gasteiger partial charge is 0.356 e. The molecule has 0 spiro atoms. The van der Waals surface area contributed by atoms with Gasteiger partial charge in [-0.25, -0.2) is 4.98 Å². The predicted molar refractivity (Wildman–Crippen MR) is 154 cm³/mol. The Kier molecular flexibility index (Phi) is 5.65. The van der Waals surface area contributed by atoms with Gasteiger partial charge in [-0.15, -0.1) is 0 Å². The Morgan fingerprint density at radius 3 is 2.24 bits per heavy atom. The van der Waals surface area contributed by atoms with Crippen molar-refractivity contribution in [3.05, 3.63) is 89.5 Å². The van der Waals surface area contributed by atoms with E-state index in [0.29, 0.717) is 6.04 Å². The van der Waals surface area contributed by atoms with Gasteiger partial charge >= 0.3 is 0 Å². The lowest BCUT2D eigenvalue weighted by Crippen LogP contribution is -2.30. The van der Waals surface area contributed by atoms with Crippen molar-refractivity contribution in [1.82, 2.24) is 20.6 Å². The molecule has 4 N–H and O–H groups in total. The summed E-state index contributed by atoms with van der Waals surface area (Å²) >= 11 is 6.72. The smallest absolute Gasteiger partial charge is 0.123 e. The highest BCUT2D eigenvalue weighted by Crippen LogP contribution is 2.41. The number of benzene rings is 3. The van der Waals surface area contributed by atoms with Crippen molar-refractivity contribution < 1.29 is 0 Å². The Balaban J connectivity index is 1.17. The molecular formula is C31H30ClN5. The van der Waals surface area contributed by atoms with Crippen LogP contribution in [0.5, 0.6) is 0 Å². The minimum Gasteiger partial charge on any atom is -0.356 e. The van der Waals surface area contributed by atoms with E-state index < -0.39 is 0 Å². The number of halogens is 1. The van der Waals surface area contributed by atoms with E-state index in [1.807, 2.05) is 6.20 Å². The third kappa shape index (κ3) is 4.08. The first-order valence-corrected chi connectivity index (χ1v) is 13.6. The van der Waals surface area contributed by atoms with Crippen LogP contribution >= 0.6 is 11.6 Å². The highest BCUT2D eigenvalue weighted by molar-refractivity contribution is 6.38. The number of H-pyrrole nitrogens is 1. The molecule has 2 fully saturated rings. The Morgan fingerprint density at radius 1 is 0.811 bits per heavy atom. The fourth-order valence-electron chi connectivity index (χ4n) is 5.91. The summed E-state index contributed by atoms with van der Waals surface area (Å²) in [6.07, 6.45) is 6.55. The van der Waals surface area contributed by atoms with Crippen molar-refractivity contribution >= 4 is 33.6 Å². The molecule has 0 amide bonds. The van der Waals surface area contributed by atoms with E-state index in [4.69, 9.17) is 11.6 Å². The molecule has 4 heterocycles. The maximum absolute atomic E-state index is 6.72. The quantitative estimate of drug-likeness (QED) is 0.241. The molecular weight excluding hydrogens is 478 g/mol. The van der Waals surface area contributed by atoms with Crippen LogP contribution < -0.4 is 16.0 Å². The standard InChI is InChI=1S/C31H30ClN5/c1-18-24-11-10-22(16-27(24)36-30(29(18)32)25-4-2-12-33-25)20-6-7-21-15-23(9-8-19(21)14-20)28-17-35-31(37-28)26-5-3-13-34-26/h6-11,14-17,25-26,33-34,36H,1-5,12-13H2,(H,35,37)/t25?,26-/m0/s1. The number of anilines is 1. The van der Waals surface area contributed by atoms with Gasteiger partial charge in [0.2, 0.25) is 0 Å². The molecule has 2 atom stereocenters. The number of imidazole rings is 1. The molecule has 0 aliphatic carbocycles. The van der Waals surface area contributed by atoms with Gasteiger partial charge in [-0.3, -0.25) is 0 Å². The minimum atomic E-state index is 0.260. The number of aromatic nitrogens is 2. The first kappa shape index (κ1) is 22.8. The van der Waals surface area contributed by atoms with E-state index in [1.165, 1.54) is 28.3 Å². The number of fused-ring (bicyclic) bond motifs is 2. The average Bonchev–Trinajstić information content (AvgIpc) is 3.72. The summed E-state index contributed by atoms with van der Waals surface area (Å²) in [7, 11) is 0. The van der Waals surface area contributed by atoms with Crippen molar-refractivity contribution in [2.45, 2.75) is 37.8 Å². The van der Waals surface area contributed by atoms with Gasteiger partial charge in [-0.2, -0.15) is 0 Å². The van der Waals surface area contributed by atoms with E-state index in [-0.39, 0.29) is 6.04 Å². The zero-order chi connectivity index (χ0) is 24.9. The van der Waals surface area contributed by atoms with Crippen LogP contribution in [0.15, 0.2) is 78.1 Å². The van der Waals surface area contributed by atoms with Crippen LogP contribution in [0.25, 0.3) is 38.7 Å². The molecule has 3 aliphatic rings. The number of rotatable bonds is 4. The number of allylic oxidation sites excluding steroid dienone is 2. The molecule has 0 bridgehead atoms. The molecule has 2 saturated heterocycles. The Labute approximate surface area is 222 Å². The maximum Gasteiger partial charge on any atom is 0.123 e. The van der Waals surface area contributed by atoms with Crippen LogP contribution in [0, 0.1) is 0 Å². The van der Waals surface area contributed by atoms with Crippen molar-refractivity contribution in [2.24, 2.45) is 0 Å². The molecule has 6 heteroatoms. The van der Waals surface area contributed by atoms with Gasteiger partial charge in [0, 0.05) is 22.9 Å². The van der Waals surface area contributed by atoms with Crippen LogP contribution in [-0.2, 0) is 0 Å². The first-order chi connectivity index (χ1) is 18.1. The summed E-state index contributed by atoms with van der Waals surface area (Å²) in [5.41, 5.74) is 8.65. The van der Waals surface area contributed by atoms with Crippen molar-refractivity contribution in [2.75, 3.05) is 18.4 Å². The molecule has 3 aliphatic heterocycles. The molecule has 3 aromatic carbocycles. The Morgan fingerprint density at radius 2 is 1.49 bits per heavy atom. The molecule has 1 aromatic heterocycles. The SMILES string of the molecule is C=C1C(Cl)=C(C2CCCN2)Nc2cc(-c3ccc4cc(-c5cnc([C@@H]6CCCN6)[nH]5)ccc4c3)ccc21. The summed E-state index contributed by atoms with van der Waals surface area (Å²) in [6.45, 7) is 6.38. The van der Waals surface area contributed by atoms with Gasteiger partial charge in [0.25, 0.3) is 0 Å². The molecule has 1 unspecified atom stereocenters. The van der Waals surface area contributed by atoms with Gasteiger partial charge in [0.1, 0.15) is 5.82 Å². The van der Waals surface area contributed by atoms with Crippen LogP contribution in [0.2, 0.25) is 0 Å². The Hall–Kier alpha value is -3.38. The molecule has 7 rings (SSSR count). The van der Waals surface area contributed by atoms with Gasteiger partial charge in [-0.05, 0) is 84.4 Å². The second-order valence-corrected chi connectivity index (χ2v) is 10.7. The molecule has 0 saturated carbocycles. The predicted octanol–water partition coefficient (Wildman–Crippen LogP) is 6.96. The number of hydrogen-bond donors (Lipinski definition) is 4. The highest BCUT2D eigenvalue weighted by Gasteiger charge is 2.28. The minimum absolute atomic E-state index is 0.260. The zero-order valence-electron chi connectivity index (χ0n) is 20.7. The molecule has 186 valence electrons. The zero-order valence-corrected chi connectivity index (χ0v) is 21.5. The summed E-state index contributed by atoms with van der Waals surface area (Å²) < 4.78 is 0. The maximum atomic E-state index is 6.72. The van der Waals surface area contributed by atoms with Crippen LogP contribution in [-0.4, -0.2) is 29.1 Å². The molecule has 37 heavy (non-hydrogen) atoms. The first-order valence-electron chi connectivity index (χ1n) is 13.2. The van der Waals surface area contributed by atoms with Crippen LogP contribution in [0.3, 0.4) is 0 Å². The Bertz CT molecular complexity index is 1550. The summed E-state index contributed by atoms with van der Waals surface area (Å²) in [5, 5.41) is 13.9. The van der Waals surface area contributed by atoms with Gasteiger partial charge in [0.15, 0.2) is 0 Å². The molecule has 5 nitrogen and oxygen atoms in total. The summed E-state index contributed by atoms with van der Waals surface area (Å²) in [4.78, 5) is 8.17. The average molecular weight is 508 g/mol. The third-order valence-corrected chi connectivity index (χ3v) is 8.43. The van der Waals surface area contributed by atoms with Gasteiger partial charge in [0.05, 0.1) is 28.7 Å². The van der Waals surface area contributed by atoms with E-state index >= 15 is 0 Å². The molecule has 4 aromatic rings. The van der Waals surface area contributed by atoms with Gasteiger partial charge < -0.3 is 20.9 Å². The van der Waals surface area contributed by atoms with Crippen LogP contribution in [0.1, 0.15) is 43.1 Å². The van der Waals surface area contributed by atoms with Crippen LogP contribution in [0.4, 0.5) is 5.69 Å². The lowest BCUT2D eigenvalue weighted by atomic mass is 9.93. The van der Waals surface area contributed by atoms with Crippen molar-refractivity contribution in [1.29, 1.82) is 0 Å². The molecule has 0 radical (unpaired) electrons. The topological polar surface area (TPSA) is 64.8 Å². The van der Waals surface area contributed by atoms with Crippen molar-refractivity contribution in [3.63, 3.8) is 0 Å². The van der Waals surface area contributed by atoms with E-state index in [9.17, 15) is 0 Å². The van der Waals surface area contributed by atoms with E-state index in [0.717, 1.165) is 77.0 Å². The number of nitrogens with one attached hydrogen (secondary N) is 4. The monoisotopic (exact) mass is 507 g/mol. The highest BCUT2D eigenvalue weighted by atomic mass is 35.5. The number of nitrogens with zero attached hydrogens (tertiary/aromatic N) is 1. The van der Waals surface area contributed by atoms with E-state index in [2.05, 4.69) is 87.1 Å². The van der Waals surface area contributed by atoms with E-state index in [1.54, 1.807) is 0 Å². The lowest BCUT2D eigenvalue weighted by Gasteiger charge is -2.27. The normalized spacial score (nSPS) is 21.5. The second kappa shape index (κ2) is 9.18.